The number of carbonyl (C=O) groups is 1. The first kappa shape index (κ1) is 18.7. The van der Waals surface area contributed by atoms with Gasteiger partial charge in [-0.05, 0) is 41.5 Å². The summed E-state index contributed by atoms with van der Waals surface area (Å²) in [6.45, 7) is 0.561. The summed E-state index contributed by atoms with van der Waals surface area (Å²) in [5.41, 5.74) is 2.72. The lowest BCUT2D eigenvalue weighted by Gasteiger charge is -2.09. The Bertz CT molecular complexity index is 1180. The van der Waals surface area contributed by atoms with Gasteiger partial charge in [0.1, 0.15) is 11.5 Å². The Morgan fingerprint density at radius 2 is 1.66 bits per heavy atom. The highest BCUT2D eigenvalue weighted by Gasteiger charge is 2.11. The number of carboxylic acids is 1. The lowest BCUT2D eigenvalue weighted by molar-refractivity contribution is -0.136. The molecule has 6 heteroatoms. The highest BCUT2D eigenvalue weighted by molar-refractivity contribution is 5.87. The minimum absolute atomic E-state index is 0.0332. The van der Waals surface area contributed by atoms with Crippen molar-refractivity contribution in [3.8, 4) is 11.5 Å². The van der Waals surface area contributed by atoms with Crippen molar-refractivity contribution in [3.63, 3.8) is 0 Å². The third-order valence-electron chi connectivity index (χ3n) is 4.62. The lowest BCUT2D eigenvalue weighted by Crippen LogP contribution is -2.00. The van der Waals surface area contributed by atoms with Crippen molar-refractivity contribution in [1.82, 2.24) is 4.57 Å². The minimum atomic E-state index is -0.962. The number of carboxylic acid groups (broad SMARTS) is 1. The summed E-state index contributed by atoms with van der Waals surface area (Å²) in [5, 5.41) is 10.1. The van der Waals surface area contributed by atoms with Crippen LogP contribution in [0.4, 0.5) is 8.78 Å². The van der Waals surface area contributed by atoms with E-state index in [4.69, 9.17) is 9.84 Å². The second kappa shape index (κ2) is 7.75. The molecule has 4 rings (SSSR count). The normalized spacial score (nSPS) is 11.0. The number of para-hydroxylation sites is 1. The van der Waals surface area contributed by atoms with E-state index in [9.17, 15) is 13.6 Å². The van der Waals surface area contributed by atoms with Gasteiger partial charge in [0.25, 0.3) is 0 Å². The zero-order valence-corrected chi connectivity index (χ0v) is 15.3. The van der Waals surface area contributed by atoms with Gasteiger partial charge in [-0.2, -0.15) is 0 Å². The Balaban J connectivity index is 1.54. The number of ether oxygens (including phenoxy) is 1. The monoisotopic (exact) mass is 393 g/mol. The average molecular weight is 393 g/mol. The van der Waals surface area contributed by atoms with E-state index >= 15 is 0 Å². The molecule has 0 aliphatic rings. The van der Waals surface area contributed by atoms with Gasteiger partial charge in [-0.25, -0.2) is 8.78 Å². The molecule has 0 saturated carbocycles. The molecule has 0 aliphatic carbocycles. The number of hydrogen-bond acceptors (Lipinski definition) is 2. The molecular formula is C23H17F2NO3. The van der Waals surface area contributed by atoms with Gasteiger partial charge >= 0.3 is 5.97 Å². The number of nitrogens with zero attached hydrogens (tertiary/aromatic N) is 1. The van der Waals surface area contributed by atoms with E-state index in [0.717, 1.165) is 34.2 Å². The molecule has 0 fully saturated rings. The largest absolute Gasteiger partial charge is 0.481 e. The summed E-state index contributed by atoms with van der Waals surface area (Å²) in [5.74, 6) is -2.04. The van der Waals surface area contributed by atoms with Crippen LogP contribution in [0.25, 0.3) is 10.9 Å². The number of fused-ring (bicyclic) bond motifs is 1. The van der Waals surface area contributed by atoms with Crippen LogP contribution in [0.15, 0.2) is 72.9 Å². The first-order valence-electron chi connectivity index (χ1n) is 9.00. The molecule has 0 bridgehead atoms. The molecule has 1 heterocycles. The third-order valence-corrected chi connectivity index (χ3v) is 4.62. The summed E-state index contributed by atoms with van der Waals surface area (Å²) in [7, 11) is 0. The van der Waals surface area contributed by atoms with Crippen molar-refractivity contribution >= 4 is 16.9 Å². The van der Waals surface area contributed by atoms with Crippen molar-refractivity contribution in [3.05, 3.63) is 95.7 Å². The maximum absolute atomic E-state index is 13.3. The molecule has 4 aromatic rings. The molecule has 29 heavy (non-hydrogen) atoms. The number of aliphatic carboxylic acids is 1. The molecule has 4 nitrogen and oxygen atoms in total. The van der Waals surface area contributed by atoms with E-state index in [1.54, 1.807) is 12.1 Å². The minimum Gasteiger partial charge on any atom is -0.481 e. The van der Waals surface area contributed by atoms with Crippen molar-refractivity contribution in [2.45, 2.75) is 13.0 Å². The van der Waals surface area contributed by atoms with E-state index in [0.29, 0.717) is 12.3 Å². The predicted octanol–water partition coefficient (Wildman–Crippen LogP) is 5.39. The van der Waals surface area contributed by atoms with Crippen LogP contribution < -0.4 is 4.74 Å². The third kappa shape index (κ3) is 4.11. The summed E-state index contributed by atoms with van der Waals surface area (Å²) in [4.78, 5) is 11.1. The first-order valence-corrected chi connectivity index (χ1v) is 9.00. The second-order valence-electron chi connectivity index (χ2n) is 6.69. The van der Waals surface area contributed by atoms with Crippen LogP contribution in [0, 0.1) is 11.6 Å². The number of aromatic nitrogens is 1. The Labute approximate surface area is 165 Å². The van der Waals surface area contributed by atoms with Crippen molar-refractivity contribution < 1.29 is 23.4 Å². The van der Waals surface area contributed by atoms with Crippen LogP contribution in [0.3, 0.4) is 0 Å². The Morgan fingerprint density at radius 3 is 2.38 bits per heavy atom. The molecule has 0 atom stereocenters. The molecular weight excluding hydrogens is 376 g/mol. The fourth-order valence-corrected chi connectivity index (χ4v) is 3.29. The SMILES string of the molecule is O=C(O)Cc1cn(Cc2ccc(Oc3ccc(F)c(F)c3)cc2)c2ccccc12. The van der Waals surface area contributed by atoms with Gasteiger partial charge in [-0.3, -0.25) is 4.79 Å². The lowest BCUT2D eigenvalue weighted by atomic mass is 10.1. The van der Waals surface area contributed by atoms with Crippen LogP contribution >= 0.6 is 0 Å². The van der Waals surface area contributed by atoms with Gasteiger partial charge in [0.15, 0.2) is 11.6 Å². The topological polar surface area (TPSA) is 51.5 Å². The maximum Gasteiger partial charge on any atom is 0.307 e. The number of rotatable bonds is 6. The molecule has 0 amide bonds. The highest BCUT2D eigenvalue weighted by atomic mass is 19.2. The molecule has 0 saturated heterocycles. The summed E-state index contributed by atoms with van der Waals surface area (Å²) < 4.78 is 33.9. The summed E-state index contributed by atoms with van der Waals surface area (Å²) in [6.07, 6.45) is 1.83. The average Bonchev–Trinajstić information content (AvgIpc) is 3.03. The zero-order valence-electron chi connectivity index (χ0n) is 15.3. The Hall–Kier alpha value is -3.67. The fourth-order valence-electron chi connectivity index (χ4n) is 3.29. The molecule has 1 N–H and O–H groups in total. The van der Waals surface area contributed by atoms with Crippen LogP contribution in [0.5, 0.6) is 11.5 Å². The fraction of sp³-hybridized carbons (Fsp3) is 0.0870. The molecule has 146 valence electrons. The van der Waals surface area contributed by atoms with Gasteiger partial charge in [0, 0.05) is 29.7 Å². The second-order valence-corrected chi connectivity index (χ2v) is 6.69. The van der Waals surface area contributed by atoms with E-state index in [2.05, 4.69) is 0 Å². The molecule has 0 spiro atoms. The molecule has 1 aromatic heterocycles. The number of halogens is 2. The molecule has 3 aromatic carbocycles. The maximum atomic E-state index is 13.3. The van der Waals surface area contributed by atoms with Gasteiger partial charge in [0.05, 0.1) is 6.42 Å². The van der Waals surface area contributed by atoms with Crippen molar-refractivity contribution in [2.24, 2.45) is 0 Å². The van der Waals surface area contributed by atoms with Crippen LogP contribution in [0.1, 0.15) is 11.1 Å². The van der Waals surface area contributed by atoms with Gasteiger partial charge in [0.2, 0.25) is 0 Å². The van der Waals surface area contributed by atoms with Gasteiger partial charge in [-0.1, -0.05) is 30.3 Å². The van der Waals surface area contributed by atoms with E-state index < -0.39 is 17.6 Å². The number of hydrogen-bond donors (Lipinski definition) is 1. The zero-order chi connectivity index (χ0) is 20.4. The number of benzene rings is 3. The first-order chi connectivity index (χ1) is 14.0. The standard InChI is InChI=1S/C23H17F2NO3/c24-20-10-9-18(12-21(20)25)29-17-7-5-15(6-8-17)13-26-14-16(11-23(27)28)19-3-1-2-4-22(19)26/h1-10,12,14H,11,13H2,(H,27,28). The van der Waals surface area contributed by atoms with Crippen molar-refractivity contribution in [2.75, 3.05) is 0 Å². The van der Waals surface area contributed by atoms with E-state index in [1.165, 1.54) is 6.07 Å². The summed E-state index contributed by atoms with van der Waals surface area (Å²) >= 11 is 0. The Morgan fingerprint density at radius 1 is 0.931 bits per heavy atom. The van der Waals surface area contributed by atoms with Gasteiger partial charge in [-0.15, -0.1) is 0 Å². The predicted molar refractivity (Wildman–Crippen MR) is 105 cm³/mol. The van der Waals surface area contributed by atoms with E-state index in [1.807, 2.05) is 47.2 Å². The van der Waals surface area contributed by atoms with Crippen LogP contribution in [-0.2, 0) is 17.8 Å². The Kier molecular flexibility index (Phi) is 4.99. The molecule has 0 unspecified atom stereocenters. The summed E-state index contributed by atoms with van der Waals surface area (Å²) in [6, 6.07) is 18.3. The highest BCUT2D eigenvalue weighted by Crippen LogP contribution is 2.26. The molecule has 0 radical (unpaired) electrons. The van der Waals surface area contributed by atoms with Gasteiger partial charge < -0.3 is 14.4 Å². The van der Waals surface area contributed by atoms with Crippen LogP contribution in [0.2, 0.25) is 0 Å². The smallest absolute Gasteiger partial charge is 0.307 e. The van der Waals surface area contributed by atoms with E-state index in [-0.39, 0.29) is 12.2 Å². The van der Waals surface area contributed by atoms with Crippen LogP contribution in [-0.4, -0.2) is 15.6 Å². The molecule has 0 aliphatic heterocycles. The van der Waals surface area contributed by atoms with Crippen molar-refractivity contribution in [1.29, 1.82) is 0 Å². The quantitative estimate of drug-likeness (QED) is 0.478.